The molecule has 0 radical (unpaired) electrons. The van der Waals surface area contributed by atoms with Crippen molar-refractivity contribution >= 4 is 12.3 Å². The molecule has 4 heteroatoms. The summed E-state index contributed by atoms with van der Waals surface area (Å²) >= 11 is 0. The van der Waals surface area contributed by atoms with Crippen LogP contribution in [0.5, 0.6) is 5.75 Å². The van der Waals surface area contributed by atoms with Crippen LogP contribution in [0, 0.1) is 46.3 Å². The van der Waals surface area contributed by atoms with Crippen molar-refractivity contribution in [1.29, 1.82) is 0 Å². The van der Waals surface area contributed by atoms with E-state index in [4.69, 9.17) is 9.47 Å². The number of hydrogen-bond acceptors (Lipinski definition) is 4. The molecule has 3 saturated carbocycles. The monoisotopic (exact) mass is 632 g/mol. The van der Waals surface area contributed by atoms with Crippen molar-refractivity contribution in [3.05, 3.63) is 41.5 Å². The number of carbonyl (C=O) groups excluding carboxylic acids is 2. The zero-order valence-electron chi connectivity index (χ0n) is 29.9. The van der Waals surface area contributed by atoms with Gasteiger partial charge in [-0.25, -0.2) is 0 Å². The van der Waals surface area contributed by atoms with E-state index in [0.29, 0.717) is 29.4 Å². The summed E-state index contributed by atoms with van der Waals surface area (Å²) in [6.45, 7) is 13.3. The van der Waals surface area contributed by atoms with Crippen LogP contribution in [0.25, 0.3) is 0 Å². The number of unbranched alkanes of at least 4 members (excludes halogenated alkanes) is 4. The highest BCUT2D eigenvalue weighted by Gasteiger charge is 2.59. The number of aldehydes is 1. The standard InChI is InChI=1S/C42H64O4/c1-30(2)12-11-13-31(3)37-21-22-38-36-20-17-33-28-35(23-25-41(33,4)39(36)24-26-42(37,38)5)46-40(44)14-9-7-6-8-10-27-45-34-18-15-32(29-43)16-19-34/h15-19,29-31,35-39H,6-14,20-28H2,1-5H3/t31-,35+,36+,37-,38+,39+,41+,42-/m1/s1. The minimum Gasteiger partial charge on any atom is -0.494 e. The van der Waals surface area contributed by atoms with Crippen LogP contribution >= 0.6 is 0 Å². The Morgan fingerprint density at radius 1 is 0.891 bits per heavy atom. The van der Waals surface area contributed by atoms with Gasteiger partial charge in [-0.3, -0.25) is 9.59 Å². The molecule has 4 aliphatic rings. The van der Waals surface area contributed by atoms with Crippen LogP contribution in [0.1, 0.15) is 154 Å². The van der Waals surface area contributed by atoms with Gasteiger partial charge in [-0.05, 0) is 128 Å². The third kappa shape index (κ3) is 8.12. The highest BCUT2D eigenvalue weighted by Crippen LogP contribution is 2.67. The van der Waals surface area contributed by atoms with Gasteiger partial charge >= 0.3 is 5.97 Å². The van der Waals surface area contributed by atoms with Crippen molar-refractivity contribution in [3.63, 3.8) is 0 Å². The quantitative estimate of drug-likeness (QED) is 0.0787. The minimum atomic E-state index is -0.00191. The van der Waals surface area contributed by atoms with E-state index in [1.54, 1.807) is 17.7 Å². The van der Waals surface area contributed by atoms with Gasteiger partial charge < -0.3 is 9.47 Å². The first-order valence-corrected chi connectivity index (χ1v) is 19.2. The molecule has 0 N–H and O–H groups in total. The molecular weight excluding hydrogens is 568 g/mol. The minimum absolute atomic E-state index is 0.00191. The summed E-state index contributed by atoms with van der Waals surface area (Å²) in [4.78, 5) is 23.5. The van der Waals surface area contributed by atoms with Crippen molar-refractivity contribution < 1.29 is 19.1 Å². The number of ether oxygens (including phenoxy) is 2. The lowest BCUT2D eigenvalue weighted by atomic mass is 9.47. The summed E-state index contributed by atoms with van der Waals surface area (Å²) in [5.41, 5.74) is 3.11. The van der Waals surface area contributed by atoms with Gasteiger partial charge in [0, 0.05) is 18.4 Å². The number of carbonyl (C=O) groups is 2. The lowest BCUT2D eigenvalue weighted by Gasteiger charge is -2.58. The molecule has 0 unspecified atom stereocenters. The molecule has 3 fully saturated rings. The largest absolute Gasteiger partial charge is 0.494 e. The highest BCUT2D eigenvalue weighted by atomic mass is 16.5. The second-order valence-corrected chi connectivity index (χ2v) is 16.7. The number of fused-ring (bicyclic) bond motifs is 5. The summed E-state index contributed by atoms with van der Waals surface area (Å²) in [5.74, 6) is 5.95. The molecule has 0 aromatic heterocycles. The van der Waals surface area contributed by atoms with Gasteiger partial charge in [-0.2, -0.15) is 0 Å². The van der Waals surface area contributed by atoms with Crippen LogP contribution < -0.4 is 4.74 Å². The predicted molar refractivity (Wildman–Crippen MR) is 188 cm³/mol. The number of allylic oxidation sites excluding steroid dienone is 1. The molecule has 8 atom stereocenters. The third-order valence-corrected chi connectivity index (χ3v) is 13.4. The van der Waals surface area contributed by atoms with Crippen LogP contribution in [0.4, 0.5) is 0 Å². The summed E-state index contributed by atoms with van der Waals surface area (Å²) < 4.78 is 11.9. The maximum atomic E-state index is 12.8. The molecule has 1 aromatic rings. The van der Waals surface area contributed by atoms with Gasteiger partial charge in [-0.15, -0.1) is 0 Å². The van der Waals surface area contributed by atoms with Crippen LogP contribution in [-0.2, 0) is 9.53 Å². The normalized spacial score (nSPS) is 32.6. The number of rotatable bonds is 16. The number of benzene rings is 1. The zero-order chi connectivity index (χ0) is 32.7. The van der Waals surface area contributed by atoms with Crippen molar-refractivity contribution in [1.82, 2.24) is 0 Å². The summed E-state index contributed by atoms with van der Waals surface area (Å²) in [6.07, 6.45) is 23.5. The maximum Gasteiger partial charge on any atom is 0.306 e. The van der Waals surface area contributed by atoms with Crippen molar-refractivity contribution in [2.45, 2.75) is 150 Å². The molecular formula is C42H64O4. The molecule has 0 heterocycles. The van der Waals surface area contributed by atoms with E-state index in [1.165, 1.54) is 57.8 Å². The lowest BCUT2D eigenvalue weighted by Crippen LogP contribution is -2.51. The van der Waals surface area contributed by atoms with E-state index in [1.807, 2.05) is 12.1 Å². The Balaban J connectivity index is 1.02. The fourth-order valence-electron chi connectivity index (χ4n) is 10.7. The van der Waals surface area contributed by atoms with Crippen molar-refractivity contribution in [2.24, 2.45) is 46.3 Å². The molecule has 0 bridgehead atoms. The smallest absolute Gasteiger partial charge is 0.306 e. The first-order chi connectivity index (χ1) is 22.1. The second kappa shape index (κ2) is 15.9. The maximum absolute atomic E-state index is 12.8. The van der Waals surface area contributed by atoms with Crippen LogP contribution in [0.15, 0.2) is 35.9 Å². The Labute approximate surface area is 280 Å². The molecule has 5 rings (SSSR count). The van der Waals surface area contributed by atoms with Crippen LogP contribution in [0.2, 0.25) is 0 Å². The van der Waals surface area contributed by atoms with Gasteiger partial charge in [0.2, 0.25) is 0 Å². The Hall–Kier alpha value is -2.10. The molecule has 4 nitrogen and oxygen atoms in total. The van der Waals surface area contributed by atoms with Gasteiger partial charge in [0.25, 0.3) is 0 Å². The van der Waals surface area contributed by atoms with E-state index < -0.39 is 0 Å². The van der Waals surface area contributed by atoms with E-state index in [0.717, 1.165) is 92.5 Å². The van der Waals surface area contributed by atoms with Gasteiger partial charge in [0.1, 0.15) is 18.1 Å². The Bertz CT molecular complexity index is 1170. The van der Waals surface area contributed by atoms with E-state index in [9.17, 15) is 9.59 Å². The van der Waals surface area contributed by atoms with E-state index in [-0.39, 0.29) is 12.1 Å². The molecule has 0 amide bonds. The summed E-state index contributed by atoms with van der Waals surface area (Å²) in [7, 11) is 0. The van der Waals surface area contributed by atoms with Gasteiger partial charge in [0.15, 0.2) is 0 Å². The molecule has 0 aliphatic heterocycles. The van der Waals surface area contributed by atoms with E-state index in [2.05, 4.69) is 40.7 Å². The molecule has 256 valence electrons. The van der Waals surface area contributed by atoms with Gasteiger partial charge in [0.05, 0.1) is 6.61 Å². The average molecular weight is 633 g/mol. The summed E-state index contributed by atoms with van der Waals surface area (Å²) in [5, 5.41) is 0. The Morgan fingerprint density at radius 3 is 2.41 bits per heavy atom. The second-order valence-electron chi connectivity index (χ2n) is 16.7. The number of esters is 1. The van der Waals surface area contributed by atoms with Crippen LogP contribution in [0.3, 0.4) is 0 Å². The Morgan fingerprint density at radius 2 is 1.65 bits per heavy atom. The average Bonchev–Trinajstić information content (AvgIpc) is 3.40. The highest BCUT2D eigenvalue weighted by molar-refractivity contribution is 5.74. The molecule has 0 saturated heterocycles. The van der Waals surface area contributed by atoms with Crippen molar-refractivity contribution in [2.75, 3.05) is 6.61 Å². The molecule has 1 aromatic carbocycles. The zero-order valence-corrected chi connectivity index (χ0v) is 29.9. The lowest BCUT2D eigenvalue weighted by molar-refractivity contribution is -0.151. The molecule has 4 aliphatic carbocycles. The topological polar surface area (TPSA) is 52.6 Å². The van der Waals surface area contributed by atoms with Crippen molar-refractivity contribution in [3.8, 4) is 5.75 Å². The SMILES string of the molecule is CC(C)CCC[C@@H](C)[C@H]1CC[C@H]2[C@@H]3CC=C4C[C@@H](OC(=O)CCCCCCCOc5ccc(C=O)cc5)CC[C@]4(C)[C@H]3CC[C@]12C. The fraction of sp³-hybridized carbons (Fsp3) is 0.762. The first-order valence-electron chi connectivity index (χ1n) is 19.2. The summed E-state index contributed by atoms with van der Waals surface area (Å²) in [6, 6.07) is 7.24. The van der Waals surface area contributed by atoms with E-state index >= 15 is 0 Å². The first kappa shape index (κ1) is 35.2. The fourth-order valence-corrected chi connectivity index (χ4v) is 10.7. The molecule has 0 spiro atoms. The van der Waals surface area contributed by atoms with Gasteiger partial charge in [-0.1, -0.05) is 84.8 Å². The predicted octanol–water partition coefficient (Wildman–Crippen LogP) is 11.2. The van der Waals surface area contributed by atoms with Crippen LogP contribution in [-0.4, -0.2) is 25.0 Å². The third-order valence-electron chi connectivity index (χ3n) is 13.4. The Kier molecular flexibility index (Phi) is 12.1. The number of hydrogen-bond donors (Lipinski definition) is 0. The molecule has 46 heavy (non-hydrogen) atoms.